The molecule has 1 saturated heterocycles. The van der Waals surface area contributed by atoms with Gasteiger partial charge in [-0.15, -0.1) is 0 Å². The van der Waals surface area contributed by atoms with Gasteiger partial charge in [0.15, 0.2) is 5.84 Å². The van der Waals surface area contributed by atoms with Gasteiger partial charge in [-0.25, -0.2) is 4.63 Å². The molecule has 0 radical (unpaired) electrons. The Morgan fingerprint density at radius 1 is 1.64 bits per heavy atom. The van der Waals surface area contributed by atoms with Crippen LogP contribution in [-0.4, -0.2) is 40.5 Å². The second-order valence-electron chi connectivity index (χ2n) is 2.80. The van der Waals surface area contributed by atoms with Crippen molar-refractivity contribution in [1.29, 1.82) is 0 Å². The first-order valence-electron chi connectivity index (χ1n) is 3.99. The van der Waals surface area contributed by atoms with Gasteiger partial charge in [0.25, 0.3) is 5.88 Å². The average molecular weight is 199 g/mol. The Morgan fingerprint density at radius 2 is 2.43 bits per heavy atom. The molecule has 14 heavy (non-hydrogen) atoms. The molecular weight excluding hydrogens is 190 g/mol. The molecule has 1 fully saturated rings. The van der Waals surface area contributed by atoms with Gasteiger partial charge in [0.2, 0.25) is 5.69 Å². The van der Waals surface area contributed by atoms with Crippen LogP contribution in [-0.2, 0) is 0 Å². The molecule has 1 aromatic heterocycles. The third kappa shape index (κ3) is 1.46. The van der Waals surface area contributed by atoms with Crippen LogP contribution in [0.4, 0.5) is 0 Å². The highest BCUT2D eigenvalue weighted by atomic mass is 16.6. The molecule has 0 spiro atoms. The summed E-state index contributed by atoms with van der Waals surface area (Å²) in [6.07, 6.45) is 0.0344. The van der Waals surface area contributed by atoms with E-state index in [9.17, 15) is 0 Å². The number of nitrogens with one attached hydrogen (secondary N) is 1. The van der Waals surface area contributed by atoms with Crippen LogP contribution in [0.5, 0.6) is 5.88 Å². The first-order valence-corrected chi connectivity index (χ1v) is 3.99. The maximum atomic E-state index is 8.42. The SMILES string of the molecule is N/C(=N\O)c1nonc1OC1CNC1. The molecule has 8 heteroatoms. The molecule has 0 atom stereocenters. The smallest absolute Gasteiger partial charge is 0.287 e. The summed E-state index contributed by atoms with van der Waals surface area (Å²) in [5.41, 5.74) is 5.43. The molecule has 76 valence electrons. The van der Waals surface area contributed by atoms with Gasteiger partial charge < -0.3 is 21.0 Å². The topological polar surface area (TPSA) is 119 Å². The molecule has 0 amide bonds. The van der Waals surface area contributed by atoms with E-state index < -0.39 is 0 Å². The number of nitrogens with two attached hydrogens (primary N) is 1. The summed E-state index contributed by atoms with van der Waals surface area (Å²) in [5, 5.41) is 21.2. The molecule has 0 unspecified atom stereocenters. The zero-order valence-electron chi connectivity index (χ0n) is 7.17. The third-order valence-corrected chi connectivity index (χ3v) is 1.83. The number of amidine groups is 1. The largest absolute Gasteiger partial charge is 0.468 e. The summed E-state index contributed by atoms with van der Waals surface area (Å²) in [6.45, 7) is 1.48. The highest BCUT2D eigenvalue weighted by Gasteiger charge is 2.24. The fraction of sp³-hybridized carbons (Fsp3) is 0.500. The van der Waals surface area contributed by atoms with E-state index >= 15 is 0 Å². The number of aromatic nitrogens is 2. The van der Waals surface area contributed by atoms with Crippen LogP contribution in [0.15, 0.2) is 9.78 Å². The van der Waals surface area contributed by atoms with Gasteiger partial charge in [-0.3, -0.25) is 0 Å². The van der Waals surface area contributed by atoms with Crippen molar-refractivity contribution in [2.24, 2.45) is 10.9 Å². The monoisotopic (exact) mass is 199 g/mol. The molecule has 1 aliphatic rings. The molecule has 1 aliphatic heterocycles. The molecule has 2 rings (SSSR count). The predicted molar refractivity (Wildman–Crippen MR) is 44.1 cm³/mol. The van der Waals surface area contributed by atoms with Crippen molar-refractivity contribution in [3.63, 3.8) is 0 Å². The summed E-state index contributed by atoms with van der Waals surface area (Å²) < 4.78 is 9.76. The van der Waals surface area contributed by atoms with Crippen LogP contribution in [0.25, 0.3) is 0 Å². The van der Waals surface area contributed by atoms with Gasteiger partial charge in [0.1, 0.15) is 6.10 Å². The average Bonchev–Trinajstić information content (AvgIpc) is 2.58. The van der Waals surface area contributed by atoms with Crippen LogP contribution in [0.3, 0.4) is 0 Å². The molecule has 1 aromatic rings. The summed E-state index contributed by atoms with van der Waals surface area (Å²) in [5.74, 6) is -0.0414. The van der Waals surface area contributed by atoms with Gasteiger partial charge >= 0.3 is 0 Å². The first kappa shape index (κ1) is 8.75. The zero-order valence-corrected chi connectivity index (χ0v) is 7.17. The fourth-order valence-electron chi connectivity index (χ4n) is 0.965. The van der Waals surface area contributed by atoms with Gasteiger partial charge in [-0.05, 0) is 10.3 Å². The van der Waals surface area contributed by atoms with E-state index in [1.807, 2.05) is 0 Å². The van der Waals surface area contributed by atoms with E-state index in [0.29, 0.717) is 0 Å². The molecule has 0 saturated carbocycles. The van der Waals surface area contributed by atoms with Crippen LogP contribution < -0.4 is 15.8 Å². The van der Waals surface area contributed by atoms with Crippen molar-refractivity contribution in [2.75, 3.05) is 13.1 Å². The highest BCUT2D eigenvalue weighted by Crippen LogP contribution is 2.15. The second kappa shape index (κ2) is 3.50. The minimum atomic E-state index is -0.187. The van der Waals surface area contributed by atoms with Crippen molar-refractivity contribution in [3.05, 3.63) is 5.69 Å². The second-order valence-corrected chi connectivity index (χ2v) is 2.80. The zero-order chi connectivity index (χ0) is 9.97. The lowest BCUT2D eigenvalue weighted by molar-refractivity contribution is 0.128. The van der Waals surface area contributed by atoms with Crippen molar-refractivity contribution >= 4 is 5.84 Å². The number of hydrogen-bond acceptors (Lipinski definition) is 7. The van der Waals surface area contributed by atoms with E-state index in [1.165, 1.54) is 0 Å². The molecule has 0 aliphatic carbocycles. The lowest BCUT2D eigenvalue weighted by Gasteiger charge is -2.26. The maximum Gasteiger partial charge on any atom is 0.287 e. The normalized spacial score (nSPS) is 17.9. The van der Waals surface area contributed by atoms with Crippen molar-refractivity contribution in [3.8, 4) is 5.88 Å². The van der Waals surface area contributed by atoms with E-state index in [2.05, 4.69) is 25.4 Å². The molecule has 4 N–H and O–H groups in total. The quantitative estimate of drug-likeness (QED) is 0.235. The van der Waals surface area contributed by atoms with Gasteiger partial charge in [-0.2, -0.15) is 0 Å². The first-order chi connectivity index (χ1) is 6.81. The third-order valence-electron chi connectivity index (χ3n) is 1.83. The van der Waals surface area contributed by atoms with Crippen molar-refractivity contribution in [1.82, 2.24) is 15.6 Å². The fourth-order valence-corrected chi connectivity index (χ4v) is 0.965. The number of ether oxygens (including phenoxy) is 1. The lowest BCUT2D eigenvalue weighted by atomic mass is 10.2. The summed E-state index contributed by atoms with van der Waals surface area (Å²) in [4.78, 5) is 0. The van der Waals surface area contributed by atoms with Crippen LogP contribution in [0, 0.1) is 0 Å². The van der Waals surface area contributed by atoms with E-state index in [1.54, 1.807) is 0 Å². The molecule has 0 bridgehead atoms. The Hall–Kier alpha value is -1.83. The summed E-state index contributed by atoms with van der Waals surface area (Å²) in [7, 11) is 0. The number of nitrogens with zero attached hydrogens (tertiary/aromatic N) is 3. The summed E-state index contributed by atoms with van der Waals surface area (Å²) in [6, 6.07) is 0. The lowest BCUT2D eigenvalue weighted by Crippen LogP contribution is -2.50. The van der Waals surface area contributed by atoms with Crippen molar-refractivity contribution < 1.29 is 14.6 Å². The summed E-state index contributed by atoms with van der Waals surface area (Å²) >= 11 is 0. The number of oxime groups is 1. The van der Waals surface area contributed by atoms with Gasteiger partial charge in [0, 0.05) is 13.1 Å². The van der Waals surface area contributed by atoms with Gasteiger partial charge in [-0.1, -0.05) is 5.16 Å². The maximum absolute atomic E-state index is 8.42. The van der Waals surface area contributed by atoms with E-state index in [0.717, 1.165) is 13.1 Å². The van der Waals surface area contributed by atoms with Crippen molar-refractivity contribution in [2.45, 2.75) is 6.10 Å². The minimum Gasteiger partial charge on any atom is -0.468 e. The predicted octanol–water partition coefficient (Wildman–Crippen LogP) is -1.49. The Bertz CT molecular complexity index is 345. The standard InChI is InChI=1S/C6H9N5O3/c7-5(9-12)4-6(11-14-10-4)13-3-1-8-2-3/h3,8,12H,1-2H2,(H2,7,9). The molecule has 2 heterocycles. The Kier molecular flexibility index (Phi) is 2.19. The van der Waals surface area contributed by atoms with E-state index in [4.69, 9.17) is 15.7 Å². The van der Waals surface area contributed by atoms with Crippen LogP contribution in [0.1, 0.15) is 5.69 Å². The van der Waals surface area contributed by atoms with Crippen LogP contribution in [0.2, 0.25) is 0 Å². The molecule has 8 nitrogen and oxygen atoms in total. The molecular formula is C6H9N5O3. The highest BCUT2D eigenvalue weighted by molar-refractivity contribution is 5.96. The Labute approximate surface area is 78.7 Å². The minimum absolute atomic E-state index is 0.0344. The van der Waals surface area contributed by atoms with Gasteiger partial charge in [0.05, 0.1) is 0 Å². The van der Waals surface area contributed by atoms with Crippen LogP contribution >= 0.6 is 0 Å². The Morgan fingerprint density at radius 3 is 3.00 bits per heavy atom. The number of rotatable bonds is 3. The molecule has 0 aromatic carbocycles. The Balaban J connectivity index is 2.12. The number of hydrogen-bond donors (Lipinski definition) is 3. The van der Waals surface area contributed by atoms with E-state index in [-0.39, 0.29) is 23.5 Å².